The van der Waals surface area contributed by atoms with E-state index in [9.17, 15) is 23.1 Å². The minimum atomic E-state index is -4.08. The number of hydrogen-bond acceptors (Lipinski definition) is 6. The second-order valence-electron chi connectivity index (χ2n) is 5.95. The number of benzene rings is 1. The number of phenols is 1. The summed E-state index contributed by atoms with van der Waals surface area (Å²) < 4.78 is 27.8. The number of sulfonamides is 1. The highest BCUT2D eigenvalue weighted by Crippen LogP contribution is 2.28. The number of nitrogens with one attached hydrogen (secondary N) is 2. The smallest absolute Gasteiger partial charge is 0.252 e. The van der Waals surface area contributed by atoms with Crippen molar-refractivity contribution in [2.45, 2.75) is 4.90 Å². The Morgan fingerprint density at radius 3 is 2.81 bits per heavy atom. The van der Waals surface area contributed by atoms with Crippen LogP contribution in [0.5, 0.6) is 5.75 Å². The van der Waals surface area contributed by atoms with Crippen LogP contribution >= 0.6 is 0 Å². The predicted octanol–water partition coefficient (Wildman–Crippen LogP) is 0.226. The molecule has 11 heteroatoms. The number of anilines is 1. The Balaban J connectivity index is 1.82. The first-order valence-corrected chi connectivity index (χ1v) is 9.21. The minimum absolute atomic E-state index is 0.195. The molecule has 0 saturated heterocycles. The normalized spacial score (nSPS) is 11.8. The Kier molecular flexibility index (Phi) is 4.72. The van der Waals surface area contributed by atoms with Crippen molar-refractivity contribution in [1.29, 1.82) is 0 Å². The molecule has 0 bridgehead atoms. The summed E-state index contributed by atoms with van der Waals surface area (Å²) in [6, 6.07) is 5.22. The molecule has 0 aliphatic heterocycles. The average Bonchev–Trinajstić information content (AvgIpc) is 3.05. The number of phenolic OH excluding ortho intramolecular Hbond substituents is 1. The van der Waals surface area contributed by atoms with E-state index in [0.717, 1.165) is 10.4 Å². The van der Waals surface area contributed by atoms with Crippen LogP contribution in [0, 0.1) is 0 Å². The third-order valence-corrected chi connectivity index (χ3v) is 5.77. The summed E-state index contributed by atoms with van der Waals surface area (Å²) in [6.45, 7) is -0.483. The lowest BCUT2D eigenvalue weighted by molar-refractivity contribution is -0.116. The number of fused-ring (bicyclic) bond motifs is 1. The van der Waals surface area contributed by atoms with Crippen LogP contribution in [0.1, 0.15) is 0 Å². The number of nitrogens with zero attached hydrogens (tertiary/aromatic N) is 3. The number of rotatable bonds is 5. The van der Waals surface area contributed by atoms with Gasteiger partial charge in [-0.25, -0.2) is 8.42 Å². The van der Waals surface area contributed by atoms with Gasteiger partial charge < -0.3 is 15.0 Å². The standard InChI is InChI=1S/C16H17N5O5S/c1-20-4-3-11(6-15(20)24)18-14(23)9-21(2)27(25,26)13-7-12(22)5-10-8-17-19-16(10)13/h3-8,22H,9H2,1-2H3,(H,17,19)(H,18,23). The number of amides is 1. The molecule has 3 N–H and O–H groups in total. The van der Waals surface area contributed by atoms with Crippen LogP contribution < -0.4 is 10.9 Å². The van der Waals surface area contributed by atoms with Crippen LogP contribution in [0.2, 0.25) is 0 Å². The van der Waals surface area contributed by atoms with Gasteiger partial charge in [0.15, 0.2) is 0 Å². The highest BCUT2D eigenvalue weighted by atomic mass is 32.2. The molecule has 2 aromatic heterocycles. The van der Waals surface area contributed by atoms with Gasteiger partial charge in [-0.3, -0.25) is 14.7 Å². The molecule has 0 saturated carbocycles. The van der Waals surface area contributed by atoms with Gasteiger partial charge in [0.1, 0.15) is 10.6 Å². The van der Waals surface area contributed by atoms with Gasteiger partial charge in [0.05, 0.1) is 18.3 Å². The number of pyridine rings is 1. The van der Waals surface area contributed by atoms with Crippen molar-refractivity contribution < 1.29 is 18.3 Å². The lowest BCUT2D eigenvalue weighted by Gasteiger charge is -2.17. The quantitative estimate of drug-likeness (QED) is 0.569. The summed E-state index contributed by atoms with van der Waals surface area (Å²) in [6.07, 6.45) is 2.87. The van der Waals surface area contributed by atoms with Gasteiger partial charge >= 0.3 is 0 Å². The molecule has 0 radical (unpaired) electrons. The largest absolute Gasteiger partial charge is 0.508 e. The summed E-state index contributed by atoms with van der Waals surface area (Å²) in [5.41, 5.74) is 0.184. The van der Waals surface area contributed by atoms with E-state index in [4.69, 9.17) is 0 Å². The number of likely N-dealkylation sites (N-methyl/N-ethyl adjacent to an activating group) is 1. The van der Waals surface area contributed by atoms with E-state index in [-0.39, 0.29) is 27.4 Å². The van der Waals surface area contributed by atoms with E-state index in [0.29, 0.717) is 5.39 Å². The third kappa shape index (κ3) is 3.68. The Hall–Kier alpha value is -3.18. The molecule has 0 spiro atoms. The first-order valence-electron chi connectivity index (χ1n) is 7.77. The highest BCUT2D eigenvalue weighted by molar-refractivity contribution is 7.89. The monoisotopic (exact) mass is 391 g/mol. The van der Waals surface area contributed by atoms with Crippen LogP contribution in [0.4, 0.5) is 5.69 Å². The number of hydrogen-bond donors (Lipinski definition) is 3. The number of aromatic amines is 1. The van der Waals surface area contributed by atoms with Crippen molar-refractivity contribution in [3.63, 3.8) is 0 Å². The fraction of sp³-hybridized carbons (Fsp3) is 0.188. The molecule has 0 fully saturated rings. The number of carbonyl (C=O) groups is 1. The molecule has 1 aromatic carbocycles. The van der Waals surface area contributed by atoms with Crippen LogP contribution in [0.15, 0.2) is 46.3 Å². The Morgan fingerprint density at radius 2 is 2.11 bits per heavy atom. The van der Waals surface area contributed by atoms with Crippen LogP contribution in [0.25, 0.3) is 10.9 Å². The topological polar surface area (TPSA) is 137 Å². The molecule has 27 heavy (non-hydrogen) atoms. The first kappa shape index (κ1) is 18.6. The molecule has 0 aliphatic rings. The summed E-state index contributed by atoms with van der Waals surface area (Å²) >= 11 is 0. The van der Waals surface area contributed by atoms with Gasteiger partial charge in [0.2, 0.25) is 15.9 Å². The van der Waals surface area contributed by atoms with Crippen molar-refractivity contribution in [2.24, 2.45) is 7.05 Å². The molecule has 2 heterocycles. The van der Waals surface area contributed by atoms with Gasteiger partial charge in [-0.15, -0.1) is 0 Å². The minimum Gasteiger partial charge on any atom is -0.508 e. The van der Waals surface area contributed by atoms with Crippen LogP contribution in [0.3, 0.4) is 0 Å². The van der Waals surface area contributed by atoms with Crippen molar-refractivity contribution >= 4 is 32.5 Å². The first-order chi connectivity index (χ1) is 12.7. The number of aromatic hydroxyl groups is 1. The van der Waals surface area contributed by atoms with Gasteiger partial charge in [-0.2, -0.15) is 9.40 Å². The second kappa shape index (κ2) is 6.85. The number of aromatic nitrogens is 3. The predicted molar refractivity (Wildman–Crippen MR) is 97.9 cm³/mol. The SMILES string of the molecule is CN(CC(=O)Nc1ccn(C)c(=O)c1)S(=O)(=O)c1cc(O)cc2cn[nH]c12. The fourth-order valence-electron chi connectivity index (χ4n) is 2.50. The van der Waals surface area contributed by atoms with Crippen molar-refractivity contribution in [1.82, 2.24) is 19.1 Å². The van der Waals surface area contributed by atoms with Gasteiger partial charge in [-0.05, 0) is 12.1 Å². The molecular weight excluding hydrogens is 374 g/mol. The molecule has 142 valence electrons. The van der Waals surface area contributed by atoms with Crippen LogP contribution in [-0.2, 0) is 21.9 Å². The lowest BCUT2D eigenvalue weighted by Crippen LogP contribution is -2.35. The molecule has 3 rings (SSSR count). The molecule has 0 unspecified atom stereocenters. The summed E-state index contributed by atoms with van der Waals surface area (Å²) in [5.74, 6) is -0.851. The maximum Gasteiger partial charge on any atom is 0.252 e. The summed E-state index contributed by atoms with van der Waals surface area (Å²) in [5, 5.41) is 19.0. The summed E-state index contributed by atoms with van der Waals surface area (Å²) in [4.78, 5) is 23.6. The molecule has 0 atom stereocenters. The zero-order chi connectivity index (χ0) is 19.8. The van der Waals surface area contributed by atoms with Crippen molar-refractivity contribution in [3.05, 3.63) is 47.0 Å². The lowest BCUT2D eigenvalue weighted by atomic mass is 10.2. The van der Waals surface area contributed by atoms with Crippen LogP contribution in [-0.4, -0.2) is 52.1 Å². The second-order valence-corrected chi connectivity index (χ2v) is 7.97. The van der Waals surface area contributed by atoms with Gasteiger partial charge in [0.25, 0.3) is 5.56 Å². The maximum atomic E-state index is 12.8. The van der Waals surface area contributed by atoms with Crippen molar-refractivity contribution in [2.75, 3.05) is 18.9 Å². The zero-order valence-electron chi connectivity index (χ0n) is 14.5. The molecule has 3 aromatic rings. The number of aryl methyl sites for hydroxylation is 1. The Morgan fingerprint density at radius 1 is 1.37 bits per heavy atom. The van der Waals surface area contributed by atoms with E-state index in [1.54, 1.807) is 7.05 Å². The molecule has 10 nitrogen and oxygen atoms in total. The van der Waals surface area contributed by atoms with E-state index >= 15 is 0 Å². The van der Waals surface area contributed by atoms with E-state index in [2.05, 4.69) is 15.5 Å². The van der Waals surface area contributed by atoms with Gasteiger partial charge in [0, 0.05) is 43.5 Å². The van der Waals surface area contributed by atoms with E-state index < -0.39 is 22.5 Å². The summed E-state index contributed by atoms with van der Waals surface area (Å²) in [7, 11) is -1.27. The fourth-order valence-corrected chi connectivity index (χ4v) is 3.81. The average molecular weight is 391 g/mol. The van der Waals surface area contributed by atoms with Gasteiger partial charge in [-0.1, -0.05) is 0 Å². The van der Waals surface area contributed by atoms with Crippen molar-refractivity contribution in [3.8, 4) is 5.75 Å². The highest BCUT2D eigenvalue weighted by Gasteiger charge is 2.26. The molecular formula is C16H17N5O5S. The zero-order valence-corrected chi connectivity index (χ0v) is 15.3. The Labute approximate surface area is 154 Å². The molecule has 0 aliphatic carbocycles. The Bertz CT molecular complexity index is 1180. The van der Waals surface area contributed by atoms with E-state index in [1.165, 1.54) is 42.2 Å². The number of H-pyrrole nitrogens is 1. The number of carbonyl (C=O) groups excluding carboxylic acids is 1. The maximum absolute atomic E-state index is 12.8. The van der Waals surface area contributed by atoms with E-state index in [1.807, 2.05) is 0 Å². The molecule has 1 amide bonds. The third-order valence-electron chi connectivity index (χ3n) is 3.94.